The highest BCUT2D eigenvalue weighted by molar-refractivity contribution is 7.92. The smallest absolute Gasteiger partial charge is 0.229 e. The second kappa shape index (κ2) is 11.1. The molecular formula is C27H34ClN3O4S. The topological polar surface area (TPSA) is 103 Å². The molecule has 194 valence electrons. The number of hydrogen-bond acceptors (Lipinski definition) is 5. The average molecular weight is 532 g/mol. The Kier molecular flexibility index (Phi) is 8.56. The Bertz CT molecular complexity index is 1440. The van der Waals surface area contributed by atoms with Crippen LogP contribution in [-0.4, -0.2) is 44.5 Å². The number of hydrogen-bond donors (Lipinski definition) is 4. The van der Waals surface area contributed by atoms with Crippen molar-refractivity contribution in [3.8, 4) is 5.75 Å². The van der Waals surface area contributed by atoms with Crippen molar-refractivity contribution >= 4 is 49.9 Å². The van der Waals surface area contributed by atoms with Crippen LogP contribution in [0.2, 0.25) is 0 Å². The van der Waals surface area contributed by atoms with Gasteiger partial charge in [0.2, 0.25) is 10.0 Å². The number of fused-ring (bicyclic) bond motifs is 3. The van der Waals surface area contributed by atoms with Crippen LogP contribution in [-0.2, 0) is 15.4 Å². The van der Waals surface area contributed by atoms with E-state index in [-0.39, 0.29) is 17.8 Å². The van der Waals surface area contributed by atoms with Crippen LogP contribution in [0.25, 0.3) is 21.8 Å². The van der Waals surface area contributed by atoms with Crippen LogP contribution in [0.3, 0.4) is 0 Å². The highest BCUT2D eigenvalue weighted by Gasteiger charge is 2.15. The molecule has 1 aromatic heterocycles. The van der Waals surface area contributed by atoms with Gasteiger partial charge in [-0.25, -0.2) is 8.42 Å². The fraction of sp³-hybridized carbons (Fsp3) is 0.333. The molecule has 0 aliphatic rings. The second-order valence-electron chi connectivity index (χ2n) is 9.91. The number of benzene rings is 3. The van der Waals surface area contributed by atoms with Crippen molar-refractivity contribution < 1.29 is 18.3 Å². The molecule has 0 fully saturated rings. The highest BCUT2D eigenvalue weighted by atomic mass is 35.5. The van der Waals surface area contributed by atoms with Gasteiger partial charge >= 0.3 is 0 Å². The second-order valence-corrected chi connectivity index (χ2v) is 11.7. The van der Waals surface area contributed by atoms with E-state index in [4.69, 9.17) is 4.74 Å². The lowest BCUT2D eigenvalue weighted by atomic mass is 9.86. The third-order valence-corrected chi connectivity index (χ3v) is 6.50. The summed E-state index contributed by atoms with van der Waals surface area (Å²) in [6.45, 7) is 7.96. The molecule has 9 heteroatoms. The molecule has 0 radical (unpaired) electrons. The van der Waals surface area contributed by atoms with Crippen molar-refractivity contribution in [2.45, 2.75) is 32.3 Å². The van der Waals surface area contributed by atoms with Crippen LogP contribution < -0.4 is 14.8 Å². The van der Waals surface area contributed by atoms with Gasteiger partial charge in [0.05, 0.1) is 17.9 Å². The zero-order valence-corrected chi connectivity index (χ0v) is 22.6. The molecule has 3 aromatic carbocycles. The number of aliphatic hydroxyl groups excluding tert-OH is 1. The minimum atomic E-state index is -3.37. The first-order valence-electron chi connectivity index (χ1n) is 11.6. The first-order valence-corrected chi connectivity index (χ1v) is 13.5. The zero-order valence-electron chi connectivity index (χ0n) is 21.0. The number of aromatic nitrogens is 1. The molecule has 0 saturated heterocycles. The standard InChI is InChI=1S/C27H33N3O4S.ClH/c1-27(2,3)19-8-10-22-23-11-9-21(16-25(23)29-24(22)15-19)34-13-12-28-17-26(31)18-6-5-7-20(14-18)30-35(4,32)33;/h5-11,14-16,26,28-31H,12-13,17H2,1-4H3;1H. The number of aromatic amines is 1. The lowest BCUT2D eigenvalue weighted by Crippen LogP contribution is -2.26. The van der Waals surface area contributed by atoms with Gasteiger partial charge in [-0.15, -0.1) is 12.4 Å². The molecule has 0 bridgehead atoms. The molecule has 36 heavy (non-hydrogen) atoms. The van der Waals surface area contributed by atoms with Crippen molar-refractivity contribution in [1.29, 1.82) is 0 Å². The first-order chi connectivity index (χ1) is 16.5. The zero-order chi connectivity index (χ0) is 25.2. The summed E-state index contributed by atoms with van der Waals surface area (Å²) in [5, 5.41) is 16.0. The summed E-state index contributed by atoms with van der Waals surface area (Å²) in [6.07, 6.45) is 0.327. The molecule has 0 amide bonds. The normalized spacial score (nSPS) is 12.9. The molecule has 4 rings (SSSR count). The molecule has 4 aromatic rings. The highest BCUT2D eigenvalue weighted by Crippen LogP contribution is 2.32. The van der Waals surface area contributed by atoms with Crippen LogP contribution in [0.15, 0.2) is 60.7 Å². The Morgan fingerprint density at radius 3 is 2.39 bits per heavy atom. The summed E-state index contributed by atoms with van der Waals surface area (Å²) in [7, 11) is -3.37. The molecule has 0 aliphatic carbocycles. The number of anilines is 1. The van der Waals surface area contributed by atoms with Crippen LogP contribution >= 0.6 is 12.4 Å². The molecule has 0 aliphatic heterocycles. The molecule has 0 spiro atoms. The number of aliphatic hydroxyl groups is 1. The number of halogens is 1. The van der Waals surface area contributed by atoms with Gasteiger partial charge in [-0.3, -0.25) is 4.72 Å². The molecular weight excluding hydrogens is 498 g/mol. The van der Waals surface area contributed by atoms with Gasteiger partial charge in [-0.2, -0.15) is 0 Å². The molecule has 7 nitrogen and oxygen atoms in total. The van der Waals surface area contributed by atoms with E-state index in [2.05, 4.69) is 60.1 Å². The summed E-state index contributed by atoms with van der Waals surface area (Å²) in [5.41, 5.74) is 4.60. The van der Waals surface area contributed by atoms with Gasteiger partial charge < -0.3 is 20.1 Å². The van der Waals surface area contributed by atoms with Crippen LogP contribution in [0, 0.1) is 0 Å². The molecule has 1 atom stereocenters. The maximum atomic E-state index is 11.4. The first kappa shape index (κ1) is 27.8. The van der Waals surface area contributed by atoms with E-state index >= 15 is 0 Å². The largest absolute Gasteiger partial charge is 0.492 e. The predicted molar refractivity (Wildman–Crippen MR) is 150 cm³/mol. The van der Waals surface area contributed by atoms with Crippen LogP contribution in [0.5, 0.6) is 5.75 Å². The minimum absolute atomic E-state index is 0. The summed E-state index contributed by atoms with van der Waals surface area (Å²) in [5.74, 6) is 0.780. The fourth-order valence-corrected chi connectivity index (χ4v) is 4.62. The fourth-order valence-electron chi connectivity index (χ4n) is 4.07. The van der Waals surface area contributed by atoms with Crippen molar-refractivity contribution in [2.24, 2.45) is 0 Å². The van der Waals surface area contributed by atoms with E-state index in [9.17, 15) is 13.5 Å². The lowest BCUT2D eigenvalue weighted by Gasteiger charge is -2.18. The van der Waals surface area contributed by atoms with Gasteiger partial charge in [0.15, 0.2) is 0 Å². The van der Waals surface area contributed by atoms with Crippen molar-refractivity contribution in [2.75, 3.05) is 30.7 Å². The minimum Gasteiger partial charge on any atom is -0.492 e. The van der Waals surface area contributed by atoms with E-state index in [1.807, 2.05) is 12.1 Å². The predicted octanol–water partition coefficient (Wildman–Crippen LogP) is 5.11. The van der Waals surface area contributed by atoms with Gasteiger partial charge in [-0.05, 0) is 46.9 Å². The quantitative estimate of drug-likeness (QED) is 0.225. The summed E-state index contributed by atoms with van der Waals surface area (Å²) in [4.78, 5) is 3.51. The van der Waals surface area contributed by atoms with Gasteiger partial charge in [0, 0.05) is 41.1 Å². The third-order valence-electron chi connectivity index (χ3n) is 5.90. The number of sulfonamides is 1. The van der Waals surface area contributed by atoms with E-state index in [1.165, 1.54) is 16.3 Å². The number of H-pyrrole nitrogens is 1. The van der Waals surface area contributed by atoms with Crippen LogP contribution in [0.1, 0.15) is 38.0 Å². The monoisotopic (exact) mass is 531 g/mol. The maximum Gasteiger partial charge on any atom is 0.229 e. The Labute approximate surface area is 218 Å². The SMILES string of the molecule is CC(C)(C)c1ccc2c(c1)[nH]c1cc(OCCNCC(O)c3cccc(NS(C)(=O)=O)c3)ccc12.Cl. The summed E-state index contributed by atoms with van der Waals surface area (Å²) in [6, 6.07) is 19.4. The molecule has 0 saturated carbocycles. The Balaban J connectivity index is 0.00000361. The van der Waals surface area contributed by atoms with Gasteiger partial charge in [0.25, 0.3) is 0 Å². The Hall–Kier alpha value is -2.78. The Morgan fingerprint density at radius 1 is 1.00 bits per heavy atom. The number of ether oxygens (including phenoxy) is 1. The van der Waals surface area contributed by atoms with Crippen molar-refractivity contribution in [3.05, 3.63) is 71.8 Å². The van der Waals surface area contributed by atoms with Gasteiger partial charge in [-0.1, -0.05) is 45.0 Å². The number of rotatable bonds is 9. The van der Waals surface area contributed by atoms with E-state index in [0.29, 0.717) is 30.9 Å². The molecule has 4 N–H and O–H groups in total. The Morgan fingerprint density at radius 2 is 1.69 bits per heavy atom. The van der Waals surface area contributed by atoms with E-state index in [0.717, 1.165) is 23.0 Å². The van der Waals surface area contributed by atoms with Crippen molar-refractivity contribution in [3.63, 3.8) is 0 Å². The molecule has 1 unspecified atom stereocenters. The lowest BCUT2D eigenvalue weighted by molar-refractivity contribution is 0.172. The third kappa shape index (κ3) is 6.91. The summed E-state index contributed by atoms with van der Waals surface area (Å²) < 4.78 is 31.1. The maximum absolute atomic E-state index is 11.4. The molecule has 1 heterocycles. The van der Waals surface area contributed by atoms with Gasteiger partial charge in [0.1, 0.15) is 12.4 Å². The van der Waals surface area contributed by atoms with Crippen molar-refractivity contribution in [1.82, 2.24) is 10.3 Å². The van der Waals surface area contributed by atoms with Crippen LogP contribution in [0.4, 0.5) is 5.69 Å². The summed E-state index contributed by atoms with van der Waals surface area (Å²) >= 11 is 0. The average Bonchev–Trinajstić information content (AvgIpc) is 3.14. The van der Waals surface area contributed by atoms with E-state index in [1.54, 1.807) is 24.3 Å². The van der Waals surface area contributed by atoms with E-state index < -0.39 is 16.1 Å². The number of nitrogens with one attached hydrogen (secondary N) is 3.